The lowest BCUT2D eigenvalue weighted by molar-refractivity contribution is -0.106. The van der Waals surface area contributed by atoms with E-state index in [1.54, 1.807) is 0 Å². The Morgan fingerprint density at radius 3 is 2.06 bits per heavy atom. The summed E-state index contributed by atoms with van der Waals surface area (Å²) in [5, 5.41) is 6.19. The Balaban J connectivity index is -0.000000289. The van der Waals surface area contributed by atoms with E-state index >= 15 is 0 Å². The van der Waals surface area contributed by atoms with Gasteiger partial charge in [0.1, 0.15) is 6.29 Å². The smallest absolute Gasteiger partial charge is 0.116 e. The molecular weight excluding hydrogens is 200 g/mol. The van der Waals surface area contributed by atoms with Crippen LogP contribution >= 0.6 is 0 Å². The number of rotatable bonds is 5. The molecule has 0 aromatic heterocycles. The maximum absolute atomic E-state index is 8.81. The van der Waals surface area contributed by atoms with Crippen molar-refractivity contribution in [2.45, 2.75) is 41.0 Å². The highest BCUT2D eigenvalue weighted by molar-refractivity contribution is 5.44. The summed E-state index contributed by atoms with van der Waals surface area (Å²) in [4.78, 5) is 8.81. The summed E-state index contributed by atoms with van der Waals surface area (Å²) >= 11 is 0. The van der Waals surface area contributed by atoms with Crippen LogP contribution in [-0.2, 0) is 4.79 Å². The Bertz CT molecular complexity index is 156. The van der Waals surface area contributed by atoms with Crippen molar-refractivity contribution in [1.29, 1.82) is 0 Å². The van der Waals surface area contributed by atoms with E-state index in [0.29, 0.717) is 5.92 Å². The number of allylic oxidation sites excluding steroid dienone is 1. The van der Waals surface area contributed by atoms with Gasteiger partial charge in [-0.15, -0.1) is 0 Å². The summed E-state index contributed by atoms with van der Waals surface area (Å²) in [5.41, 5.74) is 1.42. The van der Waals surface area contributed by atoms with E-state index in [-0.39, 0.29) is 0 Å². The summed E-state index contributed by atoms with van der Waals surface area (Å²) in [5.74, 6) is 0.676. The van der Waals surface area contributed by atoms with Crippen molar-refractivity contribution >= 4 is 6.29 Å². The molecule has 0 rings (SSSR count). The van der Waals surface area contributed by atoms with Gasteiger partial charge in [0.2, 0.25) is 0 Å². The van der Waals surface area contributed by atoms with E-state index in [9.17, 15) is 0 Å². The van der Waals surface area contributed by atoms with Crippen LogP contribution in [0.15, 0.2) is 11.8 Å². The standard InChI is InChI=1S/C9H20N2.C2H4O.C2H6/c1-8(5-6-10-3)9(2)7-11-4;1-2-3;1-2/h7-8,10-11H,5-6H2,1-4H3;2H,1H3;1-2H3/b9-7+;;. The van der Waals surface area contributed by atoms with Crippen LogP contribution in [0.3, 0.4) is 0 Å². The molecule has 0 spiro atoms. The maximum atomic E-state index is 8.81. The molecule has 2 N–H and O–H groups in total. The van der Waals surface area contributed by atoms with Gasteiger partial charge in [-0.05, 0) is 46.0 Å². The zero-order chi connectivity index (χ0) is 13.4. The predicted molar refractivity (Wildman–Crippen MR) is 73.6 cm³/mol. The molecule has 0 fully saturated rings. The van der Waals surface area contributed by atoms with Crippen LogP contribution in [0, 0.1) is 5.92 Å². The molecule has 0 heterocycles. The lowest BCUT2D eigenvalue weighted by Gasteiger charge is -2.11. The number of carbonyl (C=O) groups is 1. The number of aldehydes is 1. The average Bonchev–Trinajstić information content (AvgIpc) is 2.30. The number of hydrogen-bond donors (Lipinski definition) is 2. The Morgan fingerprint density at radius 2 is 1.75 bits per heavy atom. The van der Waals surface area contributed by atoms with Gasteiger partial charge in [-0.2, -0.15) is 0 Å². The van der Waals surface area contributed by atoms with Gasteiger partial charge in [0.05, 0.1) is 0 Å². The highest BCUT2D eigenvalue weighted by atomic mass is 16.1. The first-order valence-electron chi connectivity index (χ1n) is 6.02. The van der Waals surface area contributed by atoms with Crippen molar-refractivity contribution in [2.75, 3.05) is 20.6 Å². The van der Waals surface area contributed by atoms with Gasteiger partial charge in [-0.3, -0.25) is 0 Å². The monoisotopic (exact) mass is 230 g/mol. The number of hydrogen-bond acceptors (Lipinski definition) is 3. The lowest BCUT2D eigenvalue weighted by atomic mass is 10.0. The fourth-order valence-corrected chi connectivity index (χ4v) is 0.958. The first-order valence-corrected chi connectivity index (χ1v) is 6.02. The second-order valence-corrected chi connectivity index (χ2v) is 3.21. The van der Waals surface area contributed by atoms with Crippen molar-refractivity contribution in [3.05, 3.63) is 11.8 Å². The molecule has 0 aromatic carbocycles. The molecule has 1 atom stereocenters. The molecular formula is C13H30N2O. The third kappa shape index (κ3) is 18.9. The Kier molecular flexibility index (Phi) is 25.3. The van der Waals surface area contributed by atoms with Crippen LogP contribution in [0.1, 0.15) is 41.0 Å². The molecule has 1 unspecified atom stereocenters. The van der Waals surface area contributed by atoms with Gasteiger partial charge in [-0.1, -0.05) is 26.3 Å². The molecule has 0 aromatic rings. The summed E-state index contributed by atoms with van der Waals surface area (Å²) in [6.07, 6.45) is 4.03. The lowest BCUT2D eigenvalue weighted by Crippen LogP contribution is -2.12. The molecule has 98 valence electrons. The predicted octanol–water partition coefficient (Wildman–Crippen LogP) is 2.59. The van der Waals surface area contributed by atoms with E-state index in [2.05, 4.69) is 30.7 Å². The van der Waals surface area contributed by atoms with E-state index in [0.717, 1.165) is 12.8 Å². The second kappa shape index (κ2) is 19.7. The molecule has 3 nitrogen and oxygen atoms in total. The highest BCUT2D eigenvalue weighted by Gasteiger charge is 2.01. The fourth-order valence-electron chi connectivity index (χ4n) is 0.958. The van der Waals surface area contributed by atoms with E-state index in [1.807, 2.05) is 27.9 Å². The molecule has 0 aliphatic heterocycles. The third-order valence-corrected chi connectivity index (χ3v) is 1.98. The van der Waals surface area contributed by atoms with Gasteiger partial charge >= 0.3 is 0 Å². The van der Waals surface area contributed by atoms with E-state index in [1.165, 1.54) is 18.9 Å². The summed E-state index contributed by atoms with van der Waals surface area (Å²) in [6, 6.07) is 0. The topological polar surface area (TPSA) is 41.1 Å². The fraction of sp³-hybridized carbons (Fsp3) is 0.769. The SMILES string of the molecule is CC.CC=O.CN/C=C(\C)C(C)CCNC. The van der Waals surface area contributed by atoms with Crippen LogP contribution in [-0.4, -0.2) is 26.9 Å². The summed E-state index contributed by atoms with van der Waals surface area (Å²) in [6.45, 7) is 11.0. The van der Waals surface area contributed by atoms with Crippen LogP contribution in [0.5, 0.6) is 0 Å². The Hall–Kier alpha value is -0.830. The molecule has 0 amide bonds. The van der Waals surface area contributed by atoms with Crippen molar-refractivity contribution in [3.63, 3.8) is 0 Å². The Labute approximate surface area is 102 Å². The normalized spacial score (nSPS) is 11.3. The minimum atomic E-state index is 0.676. The summed E-state index contributed by atoms with van der Waals surface area (Å²) in [7, 11) is 3.93. The molecule has 0 saturated carbocycles. The minimum Gasteiger partial charge on any atom is -0.394 e. The molecule has 0 aliphatic rings. The van der Waals surface area contributed by atoms with Crippen LogP contribution in [0.2, 0.25) is 0 Å². The molecule has 3 heteroatoms. The minimum absolute atomic E-state index is 0.676. The molecule has 0 saturated heterocycles. The second-order valence-electron chi connectivity index (χ2n) is 3.21. The maximum Gasteiger partial charge on any atom is 0.116 e. The van der Waals surface area contributed by atoms with Gasteiger partial charge in [-0.25, -0.2) is 0 Å². The average molecular weight is 230 g/mol. The van der Waals surface area contributed by atoms with Gasteiger partial charge in [0.15, 0.2) is 0 Å². The van der Waals surface area contributed by atoms with Crippen LogP contribution in [0.25, 0.3) is 0 Å². The van der Waals surface area contributed by atoms with Crippen LogP contribution in [0.4, 0.5) is 0 Å². The van der Waals surface area contributed by atoms with Crippen LogP contribution < -0.4 is 10.6 Å². The first kappa shape index (κ1) is 20.6. The van der Waals surface area contributed by atoms with Crippen molar-refractivity contribution in [3.8, 4) is 0 Å². The van der Waals surface area contributed by atoms with Gasteiger partial charge in [0, 0.05) is 7.05 Å². The summed E-state index contributed by atoms with van der Waals surface area (Å²) < 4.78 is 0. The first-order chi connectivity index (χ1) is 7.63. The molecule has 0 radical (unpaired) electrons. The molecule has 0 bridgehead atoms. The highest BCUT2D eigenvalue weighted by Crippen LogP contribution is 2.11. The van der Waals surface area contributed by atoms with Gasteiger partial charge in [0.25, 0.3) is 0 Å². The molecule has 16 heavy (non-hydrogen) atoms. The van der Waals surface area contributed by atoms with Crippen molar-refractivity contribution < 1.29 is 4.79 Å². The third-order valence-electron chi connectivity index (χ3n) is 1.98. The van der Waals surface area contributed by atoms with E-state index in [4.69, 9.17) is 4.79 Å². The number of nitrogens with one attached hydrogen (secondary N) is 2. The quantitative estimate of drug-likeness (QED) is 0.713. The van der Waals surface area contributed by atoms with Crippen molar-refractivity contribution in [2.24, 2.45) is 5.92 Å². The van der Waals surface area contributed by atoms with Gasteiger partial charge < -0.3 is 15.4 Å². The zero-order valence-electron chi connectivity index (χ0n) is 12.1. The zero-order valence-corrected chi connectivity index (χ0v) is 12.1. The van der Waals surface area contributed by atoms with E-state index < -0.39 is 0 Å². The largest absolute Gasteiger partial charge is 0.394 e. The van der Waals surface area contributed by atoms with Crippen molar-refractivity contribution in [1.82, 2.24) is 10.6 Å². The Morgan fingerprint density at radius 1 is 1.31 bits per heavy atom. The number of carbonyl (C=O) groups excluding carboxylic acids is 1. The molecule has 0 aliphatic carbocycles.